The third kappa shape index (κ3) is 5.10. The molecule has 6 nitrogen and oxygen atoms in total. The van der Waals surface area contributed by atoms with Gasteiger partial charge in [0.2, 0.25) is 5.88 Å². The van der Waals surface area contributed by atoms with Gasteiger partial charge in [-0.3, -0.25) is 9.59 Å². The minimum atomic E-state index is -4.50. The molecule has 1 aromatic heterocycles. The van der Waals surface area contributed by atoms with E-state index in [4.69, 9.17) is 5.11 Å². The second kappa shape index (κ2) is 7.06. The number of alkyl halides is 3. The fourth-order valence-corrected chi connectivity index (χ4v) is 2.77. The van der Waals surface area contributed by atoms with Crippen LogP contribution in [0.25, 0.3) is 0 Å². The van der Waals surface area contributed by atoms with Gasteiger partial charge in [-0.1, -0.05) is 18.9 Å². The summed E-state index contributed by atoms with van der Waals surface area (Å²) in [5.41, 5.74) is -0.959. The first-order chi connectivity index (χ1) is 11.2. The van der Waals surface area contributed by atoms with Crippen molar-refractivity contribution in [3.05, 3.63) is 23.9 Å². The predicted molar refractivity (Wildman–Crippen MR) is 76.7 cm³/mol. The van der Waals surface area contributed by atoms with E-state index in [1.165, 1.54) is 18.2 Å². The number of aromatic nitrogens is 1. The summed E-state index contributed by atoms with van der Waals surface area (Å²) in [5.74, 6) is -1.97. The van der Waals surface area contributed by atoms with Crippen molar-refractivity contribution >= 4 is 11.9 Å². The molecule has 9 heteroatoms. The van der Waals surface area contributed by atoms with Gasteiger partial charge in [0, 0.05) is 6.07 Å². The summed E-state index contributed by atoms with van der Waals surface area (Å²) in [6, 6.07) is 3.90. The number of carbonyl (C=O) groups is 2. The molecule has 1 heterocycles. The Balaban J connectivity index is 2.07. The number of pyridine rings is 1. The fraction of sp³-hybridized carbons (Fsp3) is 0.533. The molecule has 2 N–H and O–H groups in total. The summed E-state index contributed by atoms with van der Waals surface area (Å²) in [6.45, 7) is -1.51. The molecule has 0 radical (unpaired) electrons. The zero-order chi connectivity index (χ0) is 17.8. The first kappa shape index (κ1) is 18.0. The Kier molecular flexibility index (Phi) is 5.30. The first-order valence-electron chi connectivity index (χ1n) is 7.40. The average Bonchev–Trinajstić information content (AvgIpc) is 2.92. The fourth-order valence-electron chi connectivity index (χ4n) is 2.77. The molecule has 0 spiro atoms. The second-order valence-electron chi connectivity index (χ2n) is 5.78. The maximum atomic E-state index is 12.3. The molecule has 0 aromatic carbocycles. The first-order valence-corrected chi connectivity index (χ1v) is 7.40. The van der Waals surface area contributed by atoms with Gasteiger partial charge in [0.15, 0.2) is 6.61 Å². The quantitative estimate of drug-likeness (QED) is 0.826. The number of halogens is 3. The van der Waals surface area contributed by atoms with E-state index in [2.05, 4.69) is 15.0 Å². The van der Waals surface area contributed by atoms with E-state index in [1.54, 1.807) is 0 Å². The highest BCUT2D eigenvalue weighted by atomic mass is 19.4. The molecule has 1 aliphatic carbocycles. The average molecular weight is 346 g/mol. The third-order valence-electron chi connectivity index (χ3n) is 3.77. The lowest BCUT2D eigenvalue weighted by Crippen LogP contribution is -2.48. The molecular weight excluding hydrogens is 329 g/mol. The number of nitrogens with one attached hydrogen (secondary N) is 1. The summed E-state index contributed by atoms with van der Waals surface area (Å²) in [6.07, 6.45) is -2.03. The zero-order valence-corrected chi connectivity index (χ0v) is 12.7. The molecule has 1 fully saturated rings. The van der Waals surface area contributed by atoms with E-state index in [0.29, 0.717) is 12.8 Å². The number of hydrogen-bond donors (Lipinski definition) is 2. The van der Waals surface area contributed by atoms with Crippen molar-refractivity contribution < 1.29 is 32.6 Å². The Morgan fingerprint density at radius 3 is 2.54 bits per heavy atom. The summed E-state index contributed by atoms with van der Waals surface area (Å²) < 4.78 is 41.0. The molecule has 0 saturated heterocycles. The molecule has 132 valence electrons. The lowest BCUT2D eigenvalue weighted by Gasteiger charge is -2.28. The lowest BCUT2D eigenvalue weighted by atomic mass is 9.93. The van der Waals surface area contributed by atoms with Crippen LogP contribution in [0.4, 0.5) is 13.2 Å². The molecule has 0 aliphatic heterocycles. The number of carboxylic acids is 1. The molecule has 24 heavy (non-hydrogen) atoms. The van der Waals surface area contributed by atoms with Crippen LogP contribution >= 0.6 is 0 Å². The van der Waals surface area contributed by atoms with Gasteiger partial charge in [-0.05, 0) is 18.9 Å². The number of amides is 1. The van der Waals surface area contributed by atoms with Gasteiger partial charge in [0.05, 0.1) is 12.0 Å². The molecule has 0 unspecified atom stereocenters. The highest BCUT2D eigenvalue weighted by Gasteiger charge is 2.38. The Hall–Kier alpha value is -2.32. The van der Waals surface area contributed by atoms with Crippen LogP contribution in [-0.4, -0.2) is 40.3 Å². The van der Waals surface area contributed by atoms with Gasteiger partial charge in [-0.15, -0.1) is 0 Å². The van der Waals surface area contributed by atoms with Crippen molar-refractivity contribution in [2.75, 3.05) is 6.61 Å². The molecule has 1 saturated carbocycles. The van der Waals surface area contributed by atoms with E-state index >= 15 is 0 Å². The summed E-state index contributed by atoms with van der Waals surface area (Å²) in [5, 5.41) is 11.7. The number of ether oxygens (including phenoxy) is 1. The van der Waals surface area contributed by atoms with Crippen molar-refractivity contribution in [3.63, 3.8) is 0 Å². The Morgan fingerprint density at radius 2 is 1.96 bits per heavy atom. The van der Waals surface area contributed by atoms with Crippen LogP contribution in [-0.2, 0) is 4.79 Å². The Morgan fingerprint density at radius 1 is 1.29 bits per heavy atom. The van der Waals surface area contributed by atoms with Crippen molar-refractivity contribution in [1.29, 1.82) is 0 Å². The van der Waals surface area contributed by atoms with Crippen LogP contribution in [0.15, 0.2) is 18.2 Å². The normalized spacial score (nSPS) is 16.6. The summed E-state index contributed by atoms with van der Waals surface area (Å²) in [7, 11) is 0. The van der Waals surface area contributed by atoms with Crippen LogP contribution in [0.1, 0.15) is 42.6 Å². The molecule has 0 atom stereocenters. The van der Waals surface area contributed by atoms with Gasteiger partial charge >= 0.3 is 12.1 Å². The van der Waals surface area contributed by atoms with Crippen LogP contribution in [0.3, 0.4) is 0 Å². The van der Waals surface area contributed by atoms with E-state index in [9.17, 15) is 22.8 Å². The van der Waals surface area contributed by atoms with E-state index in [0.717, 1.165) is 12.8 Å². The summed E-state index contributed by atoms with van der Waals surface area (Å²) >= 11 is 0. The van der Waals surface area contributed by atoms with Crippen LogP contribution in [0, 0.1) is 0 Å². The highest BCUT2D eigenvalue weighted by molar-refractivity contribution is 5.93. The minimum Gasteiger partial charge on any atom is -0.481 e. The van der Waals surface area contributed by atoms with E-state index < -0.39 is 30.2 Å². The number of nitrogens with zero attached hydrogens (tertiary/aromatic N) is 1. The largest absolute Gasteiger partial charge is 0.481 e. The lowest BCUT2D eigenvalue weighted by molar-refractivity contribution is -0.154. The SMILES string of the molecule is O=C(O)CC1(NC(=O)c2cccc(OCC(F)(F)F)n2)CCCC1. The standard InChI is InChI=1S/C15H17F3N2O4/c16-15(17,18)9-24-11-5-3-4-10(19-11)13(23)20-14(8-12(21)22)6-1-2-7-14/h3-5H,1-2,6-9H2,(H,20,23)(H,21,22). The van der Waals surface area contributed by atoms with E-state index in [-0.39, 0.29) is 18.0 Å². The smallest absolute Gasteiger partial charge is 0.422 e. The van der Waals surface area contributed by atoms with Crippen LogP contribution in [0.2, 0.25) is 0 Å². The minimum absolute atomic E-state index is 0.119. The molecular formula is C15H17F3N2O4. The molecule has 0 bridgehead atoms. The maximum Gasteiger partial charge on any atom is 0.422 e. The monoisotopic (exact) mass is 346 g/mol. The van der Waals surface area contributed by atoms with Crippen LogP contribution < -0.4 is 10.1 Å². The molecule has 2 rings (SSSR count). The van der Waals surface area contributed by atoms with Gasteiger partial charge in [-0.25, -0.2) is 4.98 Å². The topological polar surface area (TPSA) is 88.5 Å². The number of rotatable bonds is 6. The van der Waals surface area contributed by atoms with Gasteiger partial charge < -0.3 is 15.2 Å². The molecule has 1 amide bonds. The molecule has 1 aliphatic rings. The van der Waals surface area contributed by atoms with Crippen molar-refractivity contribution in [3.8, 4) is 5.88 Å². The van der Waals surface area contributed by atoms with Crippen molar-refractivity contribution in [2.24, 2.45) is 0 Å². The van der Waals surface area contributed by atoms with Crippen LogP contribution in [0.5, 0.6) is 5.88 Å². The Labute approximate surface area is 136 Å². The number of carboxylic acid groups (broad SMARTS) is 1. The van der Waals surface area contributed by atoms with Gasteiger partial charge in [0.25, 0.3) is 5.91 Å². The zero-order valence-electron chi connectivity index (χ0n) is 12.7. The van der Waals surface area contributed by atoms with Crippen molar-refractivity contribution in [2.45, 2.75) is 43.8 Å². The highest BCUT2D eigenvalue weighted by Crippen LogP contribution is 2.33. The predicted octanol–water partition coefficient (Wildman–Crippen LogP) is 2.54. The second-order valence-corrected chi connectivity index (χ2v) is 5.78. The maximum absolute atomic E-state index is 12.3. The number of hydrogen-bond acceptors (Lipinski definition) is 4. The van der Waals surface area contributed by atoms with Gasteiger partial charge in [-0.2, -0.15) is 13.2 Å². The third-order valence-corrected chi connectivity index (χ3v) is 3.77. The number of aliphatic carboxylic acids is 1. The Bertz CT molecular complexity index is 613. The molecule has 1 aromatic rings. The van der Waals surface area contributed by atoms with Gasteiger partial charge in [0.1, 0.15) is 5.69 Å². The van der Waals surface area contributed by atoms with Crippen molar-refractivity contribution in [1.82, 2.24) is 10.3 Å². The number of carbonyl (C=O) groups excluding carboxylic acids is 1. The van der Waals surface area contributed by atoms with E-state index in [1.807, 2.05) is 0 Å². The summed E-state index contributed by atoms with van der Waals surface area (Å²) in [4.78, 5) is 27.1.